The third kappa shape index (κ3) is 3.12. The lowest BCUT2D eigenvalue weighted by atomic mass is 10.2. The van der Waals surface area contributed by atoms with E-state index in [0.29, 0.717) is 21.4 Å². The molecule has 1 heterocycles. The molecule has 0 saturated heterocycles. The number of hydrogen-bond acceptors (Lipinski definition) is 5. The molecule has 7 heteroatoms. The van der Waals surface area contributed by atoms with Gasteiger partial charge in [-0.3, -0.25) is 10.6 Å². The van der Waals surface area contributed by atoms with Gasteiger partial charge in [0.1, 0.15) is 5.69 Å². The average Bonchev–Trinajstić information content (AvgIpc) is 2.49. The van der Waals surface area contributed by atoms with E-state index in [4.69, 9.17) is 11.1 Å². The number of rotatable bonds is 3. The number of pyridine rings is 1. The van der Waals surface area contributed by atoms with Crippen molar-refractivity contribution in [2.24, 2.45) is 5.84 Å². The van der Waals surface area contributed by atoms with Gasteiger partial charge in [0.25, 0.3) is 5.91 Å². The number of anilines is 2. The first-order valence-corrected chi connectivity index (χ1v) is 6.37. The van der Waals surface area contributed by atoms with Crippen LogP contribution in [0.1, 0.15) is 16.1 Å². The molecule has 0 bridgehead atoms. The second-order valence-electron chi connectivity index (χ2n) is 3.84. The Morgan fingerprint density at radius 1 is 1.35 bits per heavy atom. The van der Waals surface area contributed by atoms with Crippen molar-refractivity contribution in [3.8, 4) is 6.07 Å². The summed E-state index contributed by atoms with van der Waals surface area (Å²) in [4.78, 5) is 16.0. The Balaban J connectivity index is 2.17. The molecule has 4 N–H and O–H groups in total. The second-order valence-corrected chi connectivity index (χ2v) is 4.69. The molecule has 0 radical (unpaired) electrons. The smallest absolute Gasteiger partial charge is 0.274 e. The van der Waals surface area contributed by atoms with Gasteiger partial charge < -0.3 is 10.7 Å². The average molecular weight is 332 g/mol. The molecule has 1 aromatic carbocycles. The van der Waals surface area contributed by atoms with E-state index in [1.165, 1.54) is 6.20 Å². The summed E-state index contributed by atoms with van der Waals surface area (Å²) < 4.78 is 0.630. The van der Waals surface area contributed by atoms with E-state index < -0.39 is 0 Å². The molecule has 2 rings (SSSR count). The van der Waals surface area contributed by atoms with E-state index >= 15 is 0 Å². The van der Waals surface area contributed by atoms with Gasteiger partial charge in [-0.1, -0.05) is 0 Å². The zero-order valence-electron chi connectivity index (χ0n) is 10.2. The quantitative estimate of drug-likeness (QED) is 0.591. The molecule has 0 atom stereocenters. The highest BCUT2D eigenvalue weighted by atomic mass is 79.9. The Hall–Kier alpha value is -2.43. The highest BCUT2D eigenvalue weighted by Crippen LogP contribution is 2.23. The Kier molecular flexibility index (Phi) is 4.30. The number of amides is 1. The summed E-state index contributed by atoms with van der Waals surface area (Å²) in [5, 5.41) is 11.5. The number of nitriles is 1. The van der Waals surface area contributed by atoms with Gasteiger partial charge in [-0.05, 0) is 46.3 Å². The molecule has 6 nitrogen and oxygen atoms in total. The number of nitrogens with zero attached hydrogens (tertiary/aromatic N) is 2. The van der Waals surface area contributed by atoms with Gasteiger partial charge in [-0.15, -0.1) is 0 Å². The molecule has 0 aliphatic rings. The summed E-state index contributed by atoms with van der Waals surface area (Å²) in [5.41, 5.74) is 4.38. The van der Waals surface area contributed by atoms with Crippen LogP contribution >= 0.6 is 15.9 Å². The maximum absolute atomic E-state index is 12.0. The third-order valence-corrected chi connectivity index (χ3v) is 3.17. The summed E-state index contributed by atoms with van der Waals surface area (Å²) in [6, 6.07) is 10.1. The third-order valence-electron chi connectivity index (χ3n) is 2.51. The number of carbonyl (C=O) groups excluding carboxylic acids is 1. The number of nitrogens with two attached hydrogens (primary N) is 1. The van der Waals surface area contributed by atoms with Crippen molar-refractivity contribution in [2.45, 2.75) is 0 Å². The van der Waals surface area contributed by atoms with E-state index in [1.807, 2.05) is 6.07 Å². The number of benzene rings is 1. The number of carbonyl (C=O) groups is 1. The molecule has 100 valence electrons. The van der Waals surface area contributed by atoms with Crippen LogP contribution in [0.2, 0.25) is 0 Å². The minimum absolute atomic E-state index is 0.264. The summed E-state index contributed by atoms with van der Waals surface area (Å²) in [6.45, 7) is 0. The summed E-state index contributed by atoms with van der Waals surface area (Å²) in [7, 11) is 0. The zero-order chi connectivity index (χ0) is 14.5. The minimum atomic E-state index is -0.348. The van der Waals surface area contributed by atoms with Crippen LogP contribution in [-0.2, 0) is 0 Å². The van der Waals surface area contributed by atoms with E-state index in [0.717, 1.165) is 0 Å². The number of hydrazine groups is 1. The Morgan fingerprint density at radius 3 is 2.70 bits per heavy atom. The van der Waals surface area contributed by atoms with Gasteiger partial charge in [-0.25, -0.2) is 4.98 Å². The van der Waals surface area contributed by atoms with E-state index in [-0.39, 0.29) is 11.6 Å². The van der Waals surface area contributed by atoms with E-state index in [9.17, 15) is 4.79 Å². The fraction of sp³-hybridized carbons (Fsp3) is 0. The van der Waals surface area contributed by atoms with Crippen molar-refractivity contribution in [3.05, 3.63) is 52.3 Å². The maximum atomic E-state index is 12.0. The lowest BCUT2D eigenvalue weighted by molar-refractivity contribution is 0.102. The first-order chi connectivity index (χ1) is 9.63. The largest absolute Gasteiger partial charge is 0.323 e. The lowest BCUT2D eigenvalue weighted by Gasteiger charge is -2.07. The topological polar surface area (TPSA) is 104 Å². The lowest BCUT2D eigenvalue weighted by Crippen LogP contribution is -2.14. The Labute approximate surface area is 123 Å². The predicted octanol–water partition coefficient (Wildman–Crippen LogP) is 2.25. The van der Waals surface area contributed by atoms with Crippen LogP contribution < -0.4 is 16.6 Å². The van der Waals surface area contributed by atoms with Crippen molar-refractivity contribution < 1.29 is 4.79 Å². The second kappa shape index (κ2) is 6.14. The molecule has 0 fully saturated rings. The molecule has 1 aromatic heterocycles. The molecule has 0 spiro atoms. The van der Waals surface area contributed by atoms with Crippen LogP contribution in [0.5, 0.6) is 0 Å². The fourth-order valence-electron chi connectivity index (χ4n) is 1.49. The van der Waals surface area contributed by atoms with Gasteiger partial charge in [0.2, 0.25) is 0 Å². The molecule has 0 aliphatic heterocycles. The van der Waals surface area contributed by atoms with Gasteiger partial charge in [0.15, 0.2) is 0 Å². The highest BCUT2D eigenvalue weighted by Gasteiger charge is 2.10. The Bertz CT molecular complexity index is 678. The number of hydrogen-bond donors (Lipinski definition) is 3. The SMILES string of the molecule is N#Cc1ccc(NC(=O)c2ccc(NN)cn2)c(Br)c1. The molecule has 0 unspecified atom stereocenters. The Morgan fingerprint density at radius 2 is 2.15 bits per heavy atom. The number of nitrogens with one attached hydrogen (secondary N) is 2. The van der Waals surface area contributed by atoms with Crippen molar-refractivity contribution in [3.63, 3.8) is 0 Å². The summed E-state index contributed by atoms with van der Waals surface area (Å²) in [6.07, 6.45) is 1.46. The molecule has 0 aliphatic carbocycles. The molecule has 1 amide bonds. The molecule has 20 heavy (non-hydrogen) atoms. The number of nitrogen functional groups attached to an aromatic ring is 1. The summed E-state index contributed by atoms with van der Waals surface area (Å²) in [5.74, 6) is 4.88. The van der Waals surface area contributed by atoms with Crippen LogP contribution in [0, 0.1) is 11.3 Å². The molecular formula is C13H10BrN5O. The van der Waals surface area contributed by atoms with Gasteiger partial charge in [0, 0.05) is 4.47 Å². The first-order valence-electron chi connectivity index (χ1n) is 5.57. The van der Waals surface area contributed by atoms with Crippen LogP contribution in [0.15, 0.2) is 41.0 Å². The van der Waals surface area contributed by atoms with Crippen LogP contribution in [0.25, 0.3) is 0 Å². The van der Waals surface area contributed by atoms with Crippen molar-refractivity contribution in [1.82, 2.24) is 4.98 Å². The summed E-state index contributed by atoms with van der Waals surface area (Å²) >= 11 is 3.30. The van der Waals surface area contributed by atoms with E-state index in [1.54, 1.807) is 30.3 Å². The number of aromatic nitrogens is 1. The van der Waals surface area contributed by atoms with Gasteiger partial charge in [0.05, 0.1) is 29.2 Å². The van der Waals surface area contributed by atoms with E-state index in [2.05, 4.69) is 31.7 Å². The van der Waals surface area contributed by atoms with Crippen LogP contribution in [0.4, 0.5) is 11.4 Å². The maximum Gasteiger partial charge on any atom is 0.274 e. The van der Waals surface area contributed by atoms with Crippen LogP contribution in [0.3, 0.4) is 0 Å². The molecule has 0 saturated carbocycles. The molecular weight excluding hydrogens is 322 g/mol. The monoisotopic (exact) mass is 331 g/mol. The first kappa shape index (κ1) is 14.0. The highest BCUT2D eigenvalue weighted by molar-refractivity contribution is 9.10. The minimum Gasteiger partial charge on any atom is -0.323 e. The predicted molar refractivity (Wildman–Crippen MR) is 78.9 cm³/mol. The molecule has 2 aromatic rings. The fourth-order valence-corrected chi connectivity index (χ4v) is 1.96. The zero-order valence-corrected chi connectivity index (χ0v) is 11.8. The van der Waals surface area contributed by atoms with Crippen LogP contribution in [-0.4, -0.2) is 10.9 Å². The van der Waals surface area contributed by atoms with Crippen molar-refractivity contribution >= 4 is 33.2 Å². The van der Waals surface area contributed by atoms with Crippen molar-refractivity contribution in [1.29, 1.82) is 5.26 Å². The van der Waals surface area contributed by atoms with Gasteiger partial charge in [-0.2, -0.15) is 5.26 Å². The standard InChI is InChI=1S/C13H10BrN5O/c14-10-5-8(6-15)1-3-11(10)18-13(20)12-4-2-9(19-16)7-17-12/h1-5,7,19H,16H2,(H,18,20). The number of halogens is 1. The van der Waals surface area contributed by atoms with Crippen molar-refractivity contribution in [2.75, 3.05) is 10.7 Å². The van der Waals surface area contributed by atoms with Gasteiger partial charge >= 0.3 is 0 Å². The normalized spacial score (nSPS) is 9.65.